The Hall–Kier alpha value is -2.85. The smallest absolute Gasteiger partial charge is 0.368 e. The second-order valence-corrected chi connectivity index (χ2v) is 7.25. The molecular weight excluding hydrogens is 377 g/mol. The highest BCUT2D eigenvalue weighted by atomic mass is 19.4. The van der Waals surface area contributed by atoms with Gasteiger partial charge in [0.05, 0.1) is 12.2 Å². The third-order valence-corrected chi connectivity index (χ3v) is 5.08. The van der Waals surface area contributed by atoms with Crippen LogP contribution in [-0.2, 0) is 13.0 Å². The summed E-state index contributed by atoms with van der Waals surface area (Å²) in [6, 6.07) is -0.812. The molecule has 4 heterocycles. The fraction of sp³-hybridized carbons (Fsp3) is 0.529. The standard InChI is InChI=1S/C17H19F3N6O2/c1-8-5-13(17(18,19)20)26-14(21-8)6-11(24-26)16(28)25-4-3-10-12(7-25)22-9(2)23-15(10)27/h6,8,13,21H,3-5,7H2,1-2H3,(H,22,23,27). The van der Waals surface area contributed by atoms with Gasteiger partial charge in [-0.15, -0.1) is 0 Å². The maximum atomic E-state index is 13.4. The Bertz CT molecular complexity index is 996. The first kappa shape index (κ1) is 18.5. The number of aryl methyl sites for hydroxylation is 1. The Morgan fingerprint density at radius 1 is 1.36 bits per heavy atom. The van der Waals surface area contributed by atoms with Crippen LogP contribution in [0.3, 0.4) is 0 Å². The van der Waals surface area contributed by atoms with Gasteiger partial charge in [0, 0.05) is 24.2 Å². The zero-order chi connectivity index (χ0) is 20.2. The van der Waals surface area contributed by atoms with Crippen molar-refractivity contribution < 1.29 is 18.0 Å². The number of carbonyl (C=O) groups excluding carboxylic acids is 1. The van der Waals surface area contributed by atoms with E-state index in [-0.39, 0.29) is 42.6 Å². The first-order valence-electron chi connectivity index (χ1n) is 8.94. The average Bonchev–Trinajstić information content (AvgIpc) is 3.02. The summed E-state index contributed by atoms with van der Waals surface area (Å²) < 4.78 is 41.0. The number of rotatable bonds is 1. The fourth-order valence-electron chi connectivity index (χ4n) is 3.76. The van der Waals surface area contributed by atoms with Crippen molar-refractivity contribution in [2.75, 3.05) is 11.9 Å². The van der Waals surface area contributed by atoms with Gasteiger partial charge in [0.1, 0.15) is 11.6 Å². The van der Waals surface area contributed by atoms with E-state index in [1.807, 2.05) is 0 Å². The van der Waals surface area contributed by atoms with Gasteiger partial charge >= 0.3 is 6.18 Å². The summed E-state index contributed by atoms with van der Waals surface area (Å²) in [5.41, 5.74) is 0.755. The van der Waals surface area contributed by atoms with Crippen molar-refractivity contribution in [2.45, 2.75) is 51.5 Å². The summed E-state index contributed by atoms with van der Waals surface area (Å²) in [6.07, 6.45) is -4.28. The molecule has 150 valence electrons. The molecule has 0 saturated heterocycles. The number of fused-ring (bicyclic) bond motifs is 2. The summed E-state index contributed by atoms with van der Waals surface area (Å²) in [7, 11) is 0. The average molecular weight is 396 g/mol. The Morgan fingerprint density at radius 2 is 2.11 bits per heavy atom. The third kappa shape index (κ3) is 3.14. The molecule has 2 N–H and O–H groups in total. The van der Waals surface area contributed by atoms with Gasteiger partial charge in [0.15, 0.2) is 11.7 Å². The van der Waals surface area contributed by atoms with Crippen molar-refractivity contribution in [1.82, 2.24) is 24.6 Å². The Kier molecular flexibility index (Phi) is 4.20. The van der Waals surface area contributed by atoms with Crippen molar-refractivity contribution in [1.29, 1.82) is 0 Å². The van der Waals surface area contributed by atoms with E-state index < -0.39 is 18.1 Å². The molecule has 0 aromatic carbocycles. The van der Waals surface area contributed by atoms with Crippen molar-refractivity contribution >= 4 is 11.7 Å². The van der Waals surface area contributed by atoms with Crippen LogP contribution in [0.25, 0.3) is 0 Å². The van der Waals surface area contributed by atoms with Crippen LogP contribution in [0.2, 0.25) is 0 Å². The van der Waals surface area contributed by atoms with E-state index in [4.69, 9.17) is 0 Å². The molecule has 1 amide bonds. The predicted octanol–water partition coefficient (Wildman–Crippen LogP) is 1.78. The largest absolute Gasteiger partial charge is 0.410 e. The predicted molar refractivity (Wildman–Crippen MR) is 93.1 cm³/mol. The number of nitrogens with one attached hydrogen (secondary N) is 2. The minimum absolute atomic E-state index is 0.0594. The van der Waals surface area contributed by atoms with Crippen LogP contribution in [0.15, 0.2) is 10.9 Å². The molecule has 2 aliphatic rings. The Labute approximate surface area is 157 Å². The molecule has 8 nitrogen and oxygen atoms in total. The van der Waals surface area contributed by atoms with Crippen molar-refractivity contribution in [3.8, 4) is 0 Å². The van der Waals surface area contributed by atoms with Gasteiger partial charge in [-0.3, -0.25) is 9.59 Å². The van der Waals surface area contributed by atoms with Gasteiger partial charge < -0.3 is 15.2 Å². The molecule has 4 rings (SSSR count). The first-order valence-corrected chi connectivity index (χ1v) is 8.94. The molecular formula is C17H19F3N6O2. The molecule has 2 aliphatic heterocycles. The van der Waals surface area contributed by atoms with Gasteiger partial charge in [0.25, 0.3) is 11.5 Å². The number of carbonyl (C=O) groups is 1. The monoisotopic (exact) mass is 396 g/mol. The molecule has 0 fully saturated rings. The summed E-state index contributed by atoms with van der Waals surface area (Å²) in [5, 5.41) is 6.90. The topological polar surface area (TPSA) is 95.9 Å². The minimum Gasteiger partial charge on any atom is -0.368 e. The van der Waals surface area contributed by atoms with E-state index in [9.17, 15) is 22.8 Å². The summed E-state index contributed by atoms with van der Waals surface area (Å²) >= 11 is 0. The first-order chi connectivity index (χ1) is 13.1. The lowest BCUT2D eigenvalue weighted by Crippen LogP contribution is -2.40. The van der Waals surface area contributed by atoms with E-state index in [2.05, 4.69) is 20.4 Å². The van der Waals surface area contributed by atoms with E-state index in [0.29, 0.717) is 23.5 Å². The molecule has 0 saturated carbocycles. The number of alkyl halides is 3. The lowest BCUT2D eigenvalue weighted by Gasteiger charge is -2.31. The van der Waals surface area contributed by atoms with E-state index in [0.717, 1.165) is 4.68 Å². The molecule has 0 bridgehead atoms. The zero-order valence-electron chi connectivity index (χ0n) is 15.3. The maximum Gasteiger partial charge on any atom is 0.410 e. The molecule has 28 heavy (non-hydrogen) atoms. The minimum atomic E-state index is -4.45. The summed E-state index contributed by atoms with van der Waals surface area (Å²) in [4.78, 5) is 33.2. The van der Waals surface area contributed by atoms with Gasteiger partial charge in [-0.25, -0.2) is 9.67 Å². The molecule has 2 aromatic rings. The Morgan fingerprint density at radius 3 is 2.82 bits per heavy atom. The number of aromatic nitrogens is 4. The van der Waals surface area contributed by atoms with Gasteiger partial charge in [-0.1, -0.05) is 0 Å². The lowest BCUT2D eigenvalue weighted by molar-refractivity contribution is -0.173. The molecule has 0 spiro atoms. The number of aromatic amines is 1. The number of hydrogen-bond acceptors (Lipinski definition) is 5. The number of nitrogens with zero attached hydrogens (tertiary/aromatic N) is 4. The van der Waals surface area contributed by atoms with Crippen LogP contribution in [0.1, 0.15) is 47.0 Å². The number of hydrogen-bond donors (Lipinski definition) is 2. The van der Waals surface area contributed by atoms with Gasteiger partial charge in [0.2, 0.25) is 0 Å². The molecule has 2 atom stereocenters. The van der Waals surface area contributed by atoms with Crippen molar-refractivity contribution in [3.63, 3.8) is 0 Å². The van der Waals surface area contributed by atoms with Crippen LogP contribution in [0.5, 0.6) is 0 Å². The number of halogens is 3. The quantitative estimate of drug-likeness (QED) is 0.766. The highest BCUT2D eigenvalue weighted by molar-refractivity contribution is 5.93. The van der Waals surface area contributed by atoms with E-state index >= 15 is 0 Å². The van der Waals surface area contributed by atoms with Crippen LogP contribution >= 0.6 is 0 Å². The SMILES string of the molecule is Cc1nc2c(c(=O)[nH]1)CCN(C(=O)c1cc3n(n1)C(C(F)(F)F)CC(C)N3)C2. The second-order valence-electron chi connectivity index (χ2n) is 7.25. The van der Waals surface area contributed by atoms with E-state index in [1.165, 1.54) is 11.0 Å². The normalized spacial score (nSPS) is 21.7. The van der Waals surface area contributed by atoms with E-state index in [1.54, 1.807) is 13.8 Å². The lowest BCUT2D eigenvalue weighted by atomic mass is 10.1. The molecule has 0 radical (unpaired) electrons. The molecule has 2 unspecified atom stereocenters. The highest BCUT2D eigenvalue weighted by Crippen LogP contribution is 2.39. The molecule has 11 heteroatoms. The molecule has 0 aliphatic carbocycles. The van der Waals surface area contributed by atoms with Crippen LogP contribution in [0, 0.1) is 6.92 Å². The maximum absolute atomic E-state index is 13.4. The number of amides is 1. The van der Waals surface area contributed by atoms with Crippen LogP contribution in [-0.4, -0.2) is 49.3 Å². The van der Waals surface area contributed by atoms with Crippen molar-refractivity contribution in [2.24, 2.45) is 0 Å². The Balaban J connectivity index is 1.62. The van der Waals surface area contributed by atoms with Crippen LogP contribution in [0.4, 0.5) is 19.0 Å². The third-order valence-electron chi connectivity index (χ3n) is 5.08. The molecule has 2 aromatic heterocycles. The van der Waals surface area contributed by atoms with Gasteiger partial charge in [-0.2, -0.15) is 18.3 Å². The summed E-state index contributed by atoms with van der Waals surface area (Å²) in [5.74, 6) is 0.136. The number of anilines is 1. The number of H-pyrrole nitrogens is 1. The highest BCUT2D eigenvalue weighted by Gasteiger charge is 2.46. The van der Waals surface area contributed by atoms with Crippen molar-refractivity contribution in [3.05, 3.63) is 39.2 Å². The second kappa shape index (κ2) is 6.35. The zero-order valence-corrected chi connectivity index (χ0v) is 15.3. The fourth-order valence-corrected chi connectivity index (χ4v) is 3.76. The summed E-state index contributed by atoms with van der Waals surface area (Å²) in [6.45, 7) is 3.70. The van der Waals surface area contributed by atoms with Gasteiger partial charge in [-0.05, 0) is 26.7 Å². The van der Waals surface area contributed by atoms with Crippen LogP contribution < -0.4 is 10.9 Å².